The highest BCUT2D eigenvalue weighted by Crippen LogP contribution is 1.91. The molecule has 0 bridgehead atoms. The molecule has 0 aliphatic rings. The summed E-state index contributed by atoms with van der Waals surface area (Å²) in [6, 6.07) is 0.552. The molecule has 0 aromatic rings. The van der Waals surface area contributed by atoms with Gasteiger partial charge in [-0.15, -0.1) is 0 Å². The van der Waals surface area contributed by atoms with Gasteiger partial charge in [0.05, 0.1) is 32.0 Å². The summed E-state index contributed by atoms with van der Waals surface area (Å²) in [6.45, 7) is 12.2. The van der Waals surface area contributed by atoms with Gasteiger partial charge in [-0.2, -0.15) is 0 Å². The normalized spacial score (nSPS) is 13.7. The molecule has 0 saturated carbocycles. The molecule has 2 N–H and O–H groups in total. The molecule has 116 valence electrons. The van der Waals surface area contributed by atoms with Crippen molar-refractivity contribution >= 4 is 0 Å². The van der Waals surface area contributed by atoms with Gasteiger partial charge in [0.2, 0.25) is 0 Å². The van der Waals surface area contributed by atoms with Crippen molar-refractivity contribution in [2.75, 3.05) is 46.5 Å². The minimum Gasteiger partial charge on any atom is -0.389 e. The van der Waals surface area contributed by atoms with Crippen LogP contribution in [0.4, 0.5) is 0 Å². The predicted molar refractivity (Wildman–Crippen MR) is 78.5 cm³/mol. The minimum absolute atomic E-state index is 0.230. The molecule has 5 nitrogen and oxygen atoms in total. The standard InChI is InChI=1S/C14H32N2O3/c1-12(2)16(5)7-6-15-10-14(17)11-18-8-9-19-13(3)4/h12-15,17H,6-11H2,1-5H3. The maximum atomic E-state index is 9.69. The molecule has 0 aliphatic heterocycles. The number of rotatable bonds is 12. The number of aliphatic hydroxyl groups excluding tert-OH is 1. The Morgan fingerprint density at radius 3 is 2.42 bits per heavy atom. The topological polar surface area (TPSA) is 54.0 Å². The van der Waals surface area contributed by atoms with Gasteiger partial charge in [0.25, 0.3) is 0 Å². The van der Waals surface area contributed by atoms with Crippen molar-refractivity contribution < 1.29 is 14.6 Å². The lowest BCUT2D eigenvalue weighted by atomic mass is 10.3. The zero-order valence-electron chi connectivity index (χ0n) is 13.2. The van der Waals surface area contributed by atoms with E-state index in [1.807, 2.05) is 13.8 Å². The molecule has 0 aromatic heterocycles. The van der Waals surface area contributed by atoms with Gasteiger partial charge in [0, 0.05) is 25.7 Å². The van der Waals surface area contributed by atoms with Crippen LogP contribution in [-0.4, -0.2) is 74.8 Å². The zero-order valence-corrected chi connectivity index (χ0v) is 13.2. The van der Waals surface area contributed by atoms with Gasteiger partial charge < -0.3 is 24.8 Å². The predicted octanol–water partition coefficient (Wildman–Crippen LogP) is 0.719. The van der Waals surface area contributed by atoms with Crippen LogP contribution in [0.2, 0.25) is 0 Å². The lowest BCUT2D eigenvalue weighted by Gasteiger charge is -2.21. The van der Waals surface area contributed by atoms with E-state index in [0.29, 0.717) is 32.4 Å². The van der Waals surface area contributed by atoms with Crippen molar-refractivity contribution in [3.63, 3.8) is 0 Å². The fraction of sp³-hybridized carbons (Fsp3) is 1.00. The largest absolute Gasteiger partial charge is 0.389 e. The van der Waals surface area contributed by atoms with Crippen LogP contribution in [-0.2, 0) is 9.47 Å². The average Bonchev–Trinajstić information content (AvgIpc) is 2.33. The summed E-state index contributed by atoms with van der Waals surface area (Å²) in [5.41, 5.74) is 0. The monoisotopic (exact) mass is 276 g/mol. The van der Waals surface area contributed by atoms with Gasteiger partial charge in [0.1, 0.15) is 0 Å². The molecule has 0 radical (unpaired) electrons. The molecule has 0 saturated heterocycles. The lowest BCUT2D eigenvalue weighted by Crippen LogP contribution is -2.37. The number of hydrogen-bond donors (Lipinski definition) is 2. The Hall–Kier alpha value is -0.200. The van der Waals surface area contributed by atoms with E-state index in [2.05, 4.69) is 31.1 Å². The number of ether oxygens (including phenoxy) is 2. The minimum atomic E-state index is -0.455. The number of likely N-dealkylation sites (N-methyl/N-ethyl adjacent to an activating group) is 1. The van der Waals surface area contributed by atoms with Crippen LogP contribution >= 0.6 is 0 Å². The zero-order chi connectivity index (χ0) is 14.7. The van der Waals surface area contributed by atoms with E-state index in [1.165, 1.54) is 0 Å². The fourth-order valence-electron chi connectivity index (χ4n) is 1.40. The van der Waals surface area contributed by atoms with Crippen LogP contribution in [0, 0.1) is 0 Å². The van der Waals surface area contributed by atoms with Crippen LogP contribution in [0.5, 0.6) is 0 Å². The Bertz CT molecular complexity index is 201. The number of hydrogen-bond acceptors (Lipinski definition) is 5. The third kappa shape index (κ3) is 12.6. The van der Waals surface area contributed by atoms with Crippen LogP contribution in [0.3, 0.4) is 0 Å². The Morgan fingerprint density at radius 2 is 1.84 bits per heavy atom. The van der Waals surface area contributed by atoms with E-state index in [9.17, 15) is 5.11 Å². The van der Waals surface area contributed by atoms with Crippen LogP contribution in [0.15, 0.2) is 0 Å². The van der Waals surface area contributed by atoms with E-state index in [1.54, 1.807) is 0 Å². The van der Waals surface area contributed by atoms with Crippen molar-refractivity contribution in [2.24, 2.45) is 0 Å². The first-order valence-corrected chi connectivity index (χ1v) is 7.21. The highest BCUT2D eigenvalue weighted by atomic mass is 16.5. The highest BCUT2D eigenvalue weighted by molar-refractivity contribution is 4.62. The summed E-state index contributed by atoms with van der Waals surface area (Å²) in [5.74, 6) is 0. The molecule has 0 amide bonds. The van der Waals surface area contributed by atoms with Gasteiger partial charge in [0.15, 0.2) is 0 Å². The molecule has 0 rings (SSSR count). The van der Waals surface area contributed by atoms with E-state index in [-0.39, 0.29) is 6.10 Å². The maximum Gasteiger partial charge on any atom is 0.0897 e. The third-order valence-corrected chi connectivity index (χ3v) is 2.89. The van der Waals surface area contributed by atoms with E-state index in [0.717, 1.165) is 13.1 Å². The molecule has 0 heterocycles. The highest BCUT2D eigenvalue weighted by Gasteiger charge is 2.05. The second-order valence-corrected chi connectivity index (χ2v) is 5.43. The molecule has 19 heavy (non-hydrogen) atoms. The Kier molecular flexibility index (Phi) is 11.5. The summed E-state index contributed by atoms with van der Waals surface area (Å²) in [4.78, 5) is 2.26. The first-order chi connectivity index (χ1) is 8.93. The van der Waals surface area contributed by atoms with Crippen molar-refractivity contribution in [3.05, 3.63) is 0 Å². The van der Waals surface area contributed by atoms with Gasteiger partial charge in [-0.3, -0.25) is 0 Å². The number of nitrogens with zero attached hydrogens (tertiary/aromatic N) is 1. The summed E-state index contributed by atoms with van der Waals surface area (Å²) in [6.07, 6.45) is -0.225. The summed E-state index contributed by atoms with van der Waals surface area (Å²) in [5, 5.41) is 12.9. The van der Waals surface area contributed by atoms with E-state index >= 15 is 0 Å². The Morgan fingerprint density at radius 1 is 1.16 bits per heavy atom. The molecule has 0 aromatic carbocycles. The van der Waals surface area contributed by atoms with Crippen molar-refractivity contribution in [3.8, 4) is 0 Å². The Balaban J connectivity index is 3.32. The van der Waals surface area contributed by atoms with E-state index < -0.39 is 6.10 Å². The average molecular weight is 276 g/mol. The van der Waals surface area contributed by atoms with Gasteiger partial charge in [-0.05, 0) is 34.7 Å². The second-order valence-electron chi connectivity index (χ2n) is 5.43. The third-order valence-electron chi connectivity index (χ3n) is 2.89. The molecule has 0 spiro atoms. The van der Waals surface area contributed by atoms with E-state index in [4.69, 9.17) is 9.47 Å². The SMILES string of the molecule is CC(C)OCCOCC(O)CNCCN(C)C(C)C. The first-order valence-electron chi connectivity index (χ1n) is 7.21. The van der Waals surface area contributed by atoms with Gasteiger partial charge in [-0.25, -0.2) is 0 Å². The van der Waals surface area contributed by atoms with Crippen molar-refractivity contribution in [2.45, 2.75) is 45.9 Å². The molecular formula is C14H32N2O3. The van der Waals surface area contributed by atoms with Crippen LogP contribution in [0.25, 0.3) is 0 Å². The summed E-state index contributed by atoms with van der Waals surface area (Å²) >= 11 is 0. The second kappa shape index (κ2) is 11.6. The molecule has 5 heteroatoms. The van der Waals surface area contributed by atoms with Crippen molar-refractivity contribution in [1.29, 1.82) is 0 Å². The summed E-state index contributed by atoms with van der Waals surface area (Å²) in [7, 11) is 2.10. The lowest BCUT2D eigenvalue weighted by molar-refractivity contribution is -0.00999. The van der Waals surface area contributed by atoms with Crippen molar-refractivity contribution in [1.82, 2.24) is 10.2 Å². The van der Waals surface area contributed by atoms with Crippen LogP contribution < -0.4 is 5.32 Å². The van der Waals surface area contributed by atoms with Gasteiger partial charge >= 0.3 is 0 Å². The first kappa shape index (κ1) is 18.8. The van der Waals surface area contributed by atoms with Crippen LogP contribution in [0.1, 0.15) is 27.7 Å². The van der Waals surface area contributed by atoms with Gasteiger partial charge in [-0.1, -0.05) is 0 Å². The fourth-order valence-corrected chi connectivity index (χ4v) is 1.40. The number of nitrogens with one attached hydrogen (secondary N) is 1. The number of aliphatic hydroxyl groups is 1. The quantitative estimate of drug-likeness (QED) is 0.514. The molecule has 0 fully saturated rings. The molecule has 0 aliphatic carbocycles. The molecular weight excluding hydrogens is 244 g/mol. The summed E-state index contributed by atoms with van der Waals surface area (Å²) < 4.78 is 10.7. The Labute approximate surface area is 118 Å². The molecule has 1 atom stereocenters. The smallest absolute Gasteiger partial charge is 0.0897 e. The maximum absolute atomic E-state index is 9.69. The molecule has 1 unspecified atom stereocenters.